The largest absolute Gasteiger partial charge is 0.294 e. The van der Waals surface area contributed by atoms with Crippen LogP contribution >= 0.6 is 12.2 Å². The first-order valence-corrected chi connectivity index (χ1v) is 6.63. The van der Waals surface area contributed by atoms with E-state index in [4.69, 9.17) is 12.2 Å². The smallest absolute Gasteiger partial charge is 0.195 e. The first-order valence-electron chi connectivity index (χ1n) is 6.22. The highest BCUT2D eigenvalue weighted by molar-refractivity contribution is 7.71. The van der Waals surface area contributed by atoms with Crippen LogP contribution < -0.4 is 0 Å². The molecule has 0 bridgehead atoms. The summed E-state index contributed by atoms with van der Waals surface area (Å²) in [6, 6.07) is 9.74. The predicted molar refractivity (Wildman–Crippen MR) is 78.7 cm³/mol. The van der Waals surface area contributed by atoms with Gasteiger partial charge in [-0.3, -0.25) is 19.6 Å². The Morgan fingerprint density at radius 1 is 1.20 bits per heavy atom. The summed E-state index contributed by atoms with van der Waals surface area (Å²) in [6.45, 7) is 2.58. The standard InChI is InChI=1S/C14H13N5S/c1-10-5-6-11(8-16-10)9-19-13(17-18-14(19)20)12-4-2-3-7-15-12/h2-8H,9H2,1H3,(H,18,20). The van der Waals surface area contributed by atoms with Crippen LogP contribution in [0.15, 0.2) is 42.7 Å². The van der Waals surface area contributed by atoms with Gasteiger partial charge in [-0.05, 0) is 42.9 Å². The average Bonchev–Trinajstić information content (AvgIpc) is 2.84. The lowest BCUT2D eigenvalue weighted by Crippen LogP contribution is -2.03. The van der Waals surface area contributed by atoms with Crippen molar-refractivity contribution >= 4 is 12.2 Å². The van der Waals surface area contributed by atoms with Gasteiger partial charge in [0, 0.05) is 18.1 Å². The van der Waals surface area contributed by atoms with Crippen LogP contribution in [-0.4, -0.2) is 24.7 Å². The lowest BCUT2D eigenvalue weighted by Gasteiger charge is -2.06. The molecule has 0 amide bonds. The second-order valence-electron chi connectivity index (χ2n) is 4.46. The van der Waals surface area contributed by atoms with Crippen molar-refractivity contribution in [3.05, 3.63) is 58.8 Å². The first kappa shape index (κ1) is 12.7. The van der Waals surface area contributed by atoms with E-state index < -0.39 is 0 Å². The summed E-state index contributed by atoms with van der Waals surface area (Å²) in [5, 5.41) is 7.09. The van der Waals surface area contributed by atoms with Crippen LogP contribution in [0.5, 0.6) is 0 Å². The number of aromatic nitrogens is 5. The summed E-state index contributed by atoms with van der Waals surface area (Å²) in [5.74, 6) is 0.733. The maximum absolute atomic E-state index is 5.29. The Hall–Kier alpha value is -2.34. The van der Waals surface area contributed by atoms with Crippen molar-refractivity contribution in [2.24, 2.45) is 0 Å². The van der Waals surface area contributed by atoms with Gasteiger partial charge in [-0.1, -0.05) is 12.1 Å². The lowest BCUT2D eigenvalue weighted by atomic mass is 10.2. The molecule has 0 fully saturated rings. The van der Waals surface area contributed by atoms with Gasteiger partial charge < -0.3 is 0 Å². The molecule has 3 aromatic heterocycles. The van der Waals surface area contributed by atoms with Crippen LogP contribution in [0.3, 0.4) is 0 Å². The molecule has 1 N–H and O–H groups in total. The van der Waals surface area contributed by atoms with E-state index in [1.54, 1.807) is 6.20 Å². The number of rotatable bonds is 3. The minimum Gasteiger partial charge on any atom is -0.294 e. The molecule has 0 aliphatic rings. The summed E-state index contributed by atoms with van der Waals surface area (Å²) in [7, 11) is 0. The Morgan fingerprint density at radius 3 is 2.80 bits per heavy atom. The maximum Gasteiger partial charge on any atom is 0.195 e. The minimum atomic E-state index is 0.575. The monoisotopic (exact) mass is 283 g/mol. The van der Waals surface area contributed by atoms with Crippen molar-refractivity contribution in [2.45, 2.75) is 13.5 Å². The highest BCUT2D eigenvalue weighted by Gasteiger charge is 2.10. The summed E-state index contributed by atoms with van der Waals surface area (Å²) in [5.41, 5.74) is 2.86. The Bertz CT molecular complexity index is 758. The van der Waals surface area contributed by atoms with E-state index >= 15 is 0 Å². The quantitative estimate of drug-likeness (QED) is 0.751. The van der Waals surface area contributed by atoms with Crippen molar-refractivity contribution < 1.29 is 0 Å². The third kappa shape index (κ3) is 2.50. The maximum atomic E-state index is 5.29. The fraction of sp³-hybridized carbons (Fsp3) is 0.143. The van der Waals surface area contributed by atoms with Crippen molar-refractivity contribution in [1.29, 1.82) is 0 Å². The third-order valence-corrected chi connectivity index (χ3v) is 3.28. The number of pyridine rings is 2. The van der Waals surface area contributed by atoms with Crippen molar-refractivity contribution in [3.63, 3.8) is 0 Å². The Balaban J connectivity index is 2.00. The number of aromatic amines is 1. The van der Waals surface area contributed by atoms with Crippen molar-refractivity contribution in [3.8, 4) is 11.5 Å². The Labute approximate surface area is 121 Å². The molecule has 0 atom stereocenters. The summed E-state index contributed by atoms with van der Waals surface area (Å²) in [6.07, 6.45) is 3.59. The van der Waals surface area contributed by atoms with E-state index in [-0.39, 0.29) is 0 Å². The van der Waals surface area contributed by atoms with E-state index in [2.05, 4.69) is 20.2 Å². The van der Waals surface area contributed by atoms with E-state index in [9.17, 15) is 0 Å². The fourth-order valence-corrected chi connectivity index (χ4v) is 2.13. The molecule has 0 spiro atoms. The molecule has 100 valence electrons. The van der Waals surface area contributed by atoms with Crippen LogP contribution in [0.2, 0.25) is 0 Å². The number of H-pyrrole nitrogens is 1. The molecule has 3 aromatic rings. The van der Waals surface area contributed by atoms with E-state index in [1.807, 2.05) is 48.0 Å². The van der Waals surface area contributed by atoms with Gasteiger partial charge in [-0.25, -0.2) is 0 Å². The van der Waals surface area contributed by atoms with Gasteiger partial charge in [0.05, 0.1) is 6.54 Å². The zero-order valence-corrected chi connectivity index (χ0v) is 11.8. The molecule has 5 nitrogen and oxygen atoms in total. The molecule has 6 heteroatoms. The van der Waals surface area contributed by atoms with E-state index in [0.29, 0.717) is 11.3 Å². The number of aryl methyl sites for hydroxylation is 1. The van der Waals surface area contributed by atoms with Gasteiger partial charge in [-0.2, -0.15) is 5.10 Å². The third-order valence-electron chi connectivity index (χ3n) is 2.97. The summed E-state index contributed by atoms with van der Waals surface area (Å²) >= 11 is 5.29. The van der Waals surface area contributed by atoms with Crippen LogP contribution in [0.25, 0.3) is 11.5 Å². The van der Waals surface area contributed by atoms with Crippen molar-refractivity contribution in [2.75, 3.05) is 0 Å². The highest BCUT2D eigenvalue weighted by Crippen LogP contribution is 2.15. The van der Waals surface area contributed by atoms with Gasteiger partial charge in [0.2, 0.25) is 0 Å². The number of hydrogen-bond acceptors (Lipinski definition) is 4. The number of nitrogens with zero attached hydrogens (tertiary/aromatic N) is 4. The Morgan fingerprint density at radius 2 is 2.10 bits per heavy atom. The molecule has 0 unspecified atom stereocenters. The lowest BCUT2D eigenvalue weighted by molar-refractivity contribution is 0.783. The summed E-state index contributed by atoms with van der Waals surface area (Å²) < 4.78 is 2.50. The molecular weight excluding hydrogens is 270 g/mol. The normalized spacial score (nSPS) is 10.7. The number of hydrogen-bond donors (Lipinski definition) is 1. The molecule has 3 heterocycles. The van der Waals surface area contributed by atoms with Crippen molar-refractivity contribution in [1.82, 2.24) is 24.7 Å². The average molecular weight is 283 g/mol. The molecule has 0 saturated carbocycles. The molecule has 0 aliphatic heterocycles. The SMILES string of the molecule is Cc1ccc(Cn2c(-c3ccccn3)n[nH]c2=S)cn1. The molecule has 3 rings (SSSR count). The van der Waals surface area contributed by atoms with Crippen LogP contribution in [0.4, 0.5) is 0 Å². The van der Waals surface area contributed by atoms with Gasteiger partial charge in [0.1, 0.15) is 5.69 Å². The minimum absolute atomic E-state index is 0.575. The highest BCUT2D eigenvalue weighted by atomic mass is 32.1. The molecule has 0 aromatic carbocycles. The Kier molecular flexibility index (Phi) is 3.39. The predicted octanol–water partition coefficient (Wildman–Crippen LogP) is 2.75. The van der Waals surface area contributed by atoms with Crippen LogP contribution in [-0.2, 0) is 6.54 Å². The second kappa shape index (κ2) is 5.34. The zero-order chi connectivity index (χ0) is 13.9. The molecule has 0 saturated heterocycles. The van der Waals surface area contributed by atoms with Crippen LogP contribution in [0.1, 0.15) is 11.3 Å². The second-order valence-corrected chi connectivity index (χ2v) is 4.85. The molecule has 0 radical (unpaired) electrons. The van der Waals surface area contributed by atoms with Gasteiger partial charge in [-0.15, -0.1) is 0 Å². The molecule has 0 aliphatic carbocycles. The zero-order valence-electron chi connectivity index (χ0n) is 10.9. The van der Waals surface area contributed by atoms with Crippen LogP contribution in [0, 0.1) is 11.7 Å². The first-order chi connectivity index (χ1) is 9.74. The topological polar surface area (TPSA) is 59.4 Å². The van der Waals surface area contributed by atoms with Gasteiger partial charge in [0.15, 0.2) is 10.6 Å². The molecule has 20 heavy (non-hydrogen) atoms. The number of nitrogens with one attached hydrogen (secondary N) is 1. The van der Waals surface area contributed by atoms with E-state index in [0.717, 1.165) is 22.8 Å². The van der Waals surface area contributed by atoms with Gasteiger partial charge in [0.25, 0.3) is 0 Å². The van der Waals surface area contributed by atoms with Gasteiger partial charge >= 0.3 is 0 Å². The van der Waals surface area contributed by atoms with E-state index in [1.165, 1.54) is 0 Å². The summed E-state index contributed by atoms with van der Waals surface area (Å²) in [4.78, 5) is 8.61. The fourth-order valence-electron chi connectivity index (χ4n) is 1.93. The molecular formula is C14H13N5S.